The number of hydrogen-bond acceptors (Lipinski definition) is 7. The molecule has 3 aliphatic rings. The number of halogens is 1. The second-order valence-corrected chi connectivity index (χ2v) is 10.1. The van der Waals surface area contributed by atoms with Gasteiger partial charge in [-0.3, -0.25) is 14.4 Å². The van der Waals surface area contributed by atoms with Crippen LogP contribution in [0, 0.1) is 0 Å². The highest BCUT2D eigenvalue weighted by molar-refractivity contribution is 6.30. The Morgan fingerprint density at radius 2 is 2.00 bits per heavy atom. The van der Waals surface area contributed by atoms with E-state index in [1.165, 1.54) is 0 Å². The molecule has 9 nitrogen and oxygen atoms in total. The zero-order chi connectivity index (χ0) is 23.9. The number of fused-ring (bicyclic) bond motifs is 2. The van der Waals surface area contributed by atoms with Crippen LogP contribution in [0.15, 0.2) is 30.6 Å². The Kier molecular flexibility index (Phi) is 6.43. The molecule has 1 aromatic heterocycles. The van der Waals surface area contributed by atoms with E-state index in [0.29, 0.717) is 37.6 Å². The van der Waals surface area contributed by atoms with Crippen molar-refractivity contribution in [2.75, 3.05) is 26.3 Å². The fraction of sp³-hybridized carbons (Fsp3) is 0.583. The number of piperidine rings is 1. The van der Waals surface area contributed by atoms with E-state index >= 15 is 0 Å². The molecule has 0 bridgehead atoms. The standard InChI is InChI=1S/C24H31ClN4O5/c25-17-1-2-18-19(11-17)24(34-21(18)22(26)31)3-7-28(8-4-24)13-16-12-27-29(14-16)15-20(30)23(32)5-9-33-10-6-23/h1-2,11-12,14,20-21,30,32H,3-10,13,15H2,(H2,26,31). The first-order chi connectivity index (χ1) is 16.3. The summed E-state index contributed by atoms with van der Waals surface area (Å²) in [6, 6.07) is 5.51. The molecule has 0 saturated carbocycles. The first-order valence-electron chi connectivity index (χ1n) is 11.8. The Hall–Kier alpha value is -2.01. The number of ether oxygens (including phenoxy) is 2. The highest BCUT2D eigenvalue weighted by atomic mass is 35.5. The van der Waals surface area contributed by atoms with Gasteiger partial charge >= 0.3 is 0 Å². The van der Waals surface area contributed by atoms with Gasteiger partial charge in [0.05, 0.1) is 23.9 Å². The Bertz CT molecular complexity index is 1050. The number of nitrogens with zero attached hydrogens (tertiary/aromatic N) is 3. The van der Waals surface area contributed by atoms with Crippen LogP contribution in [0.1, 0.15) is 48.5 Å². The summed E-state index contributed by atoms with van der Waals surface area (Å²) in [5.74, 6) is -0.483. The average Bonchev–Trinajstić information content (AvgIpc) is 3.38. The Morgan fingerprint density at radius 1 is 1.26 bits per heavy atom. The topological polar surface area (TPSA) is 123 Å². The van der Waals surface area contributed by atoms with Gasteiger partial charge < -0.3 is 25.4 Å². The van der Waals surface area contributed by atoms with Gasteiger partial charge in [0.25, 0.3) is 5.91 Å². The minimum atomic E-state index is -1.13. The minimum absolute atomic E-state index is 0.236. The number of carbonyl (C=O) groups excluding carboxylic acids is 1. The number of rotatable bonds is 6. The predicted molar refractivity (Wildman–Crippen MR) is 124 cm³/mol. The summed E-state index contributed by atoms with van der Waals surface area (Å²) in [7, 11) is 0. The maximum atomic E-state index is 12.0. The molecular formula is C24H31ClN4O5. The molecule has 2 atom stereocenters. The van der Waals surface area contributed by atoms with E-state index in [4.69, 9.17) is 26.8 Å². The Labute approximate surface area is 203 Å². The third-order valence-corrected chi connectivity index (χ3v) is 7.72. The van der Waals surface area contributed by atoms with Crippen LogP contribution in [0.2, 0.25) is 5.02 Å². The van der Waals surface area contributed by atoms with Crippen molar-refractivity contribution >= 4 is 17.5 Å². The second-order valence-electron chi connectivity index (χ2n) is 9.70. The van der Waals surface area contributed by atoms with Crippen molar-refractivity contribution in [1.82, 2.24) is 14.7 Å². The number of aliphatic hydroxyl groups is 2. The van der Waals surface area contributed by atoms with Gasteiger partial charge in [0, 0.05) is 62.5 Å². The number of nitrogens with two attached hydrogens (primary N) is 1. The number of aliphatic hydroxyl groups excluding tert-OH is 1. The smallest absolute Gasteiger partial charge is 0.251 e. The molecule has 10 heteroatoms. The van der Waals surface area contributed by atoms with Crippen molar-refractivity contribution in [3.63, 3.8) is 0 Å². The van der Waals surface area contributed by atoms with Gasteiger partial charge in [-0.2, -0.15) is 5.10 Å². The third-order valence-electron chi connectivity index (χ3n) is 7.49. The molecule has 3 aliphatic heterocycles. The van der Waals surface area contributed by atoms with Crippen LogP contribution >= 0.6 is 11.6 Å². The highest BCUT2D eigenvalue weighted by Crippen LogP contribution is 2.50. The summed E-state index contributed by atoms with van der Waals surface area (Å²) in [5.41, 5.74) is 6.74. The molecule has 1 spiro atoms. The number of benzene rings is 1. The molecule has 184 valence electrons. The maximum absolute atomic E-state index is 12.0. The average molecular weight is 491 g/mol. The summed E-state index contributed by atoms with van der Waals surface area (Å²) in [5, 5.41) is 26.2. The Morgan fingerprint density at radius 3 is 2.71 bits per heavy atom. The molecule has 1 amide bonds. The number of amides is 1. The van der Waals surface area contributed by atoms with Crippen LogP contribution in [0.4, 0.5) is 0 Å². The number of likely N-dealkylation sites (tertiary alicyclic amines) is 1. The van der Waals surface area contributed by atoms with Crippen LogP contribution in [0.5, 0.6) is 0 Å². The van der Waals surface area contributed by atoms with E-state index in [0.717, 1.165) is 42.6 Å². The van der Waals surface area contributed by atoms with Crippen LogP contribution in [-0.2, 0) is 33.0 Å². The molecule has 2 fully saturated rings. The van der Waals surface area contributed by atoms with Gasteiger partial charge in [0.1, 0.15) is 6.10 Å². The predicted octanol–water partition coefficient (Wildman–Crippen LogP) is 1.49. The fourth-order valence-corrected chi connectivity index (χ4v) is 5.60. The van der Waals surface area contributed by atoms with Crippen LogP contribution in [-0.4, -0.2) is 68.8 Å². The van der Waals surface area contributed by atoms with E-state index in [1.807, 2.05) is 18.3 Å². The molecule has 2 aromatic rings. The van der Waals surface area contributed by atoms with Crippen LogP contribution in [0.25, 0.3) is 0 Å². The van der Waals surface area contributed by atoms with Crippen molar-refractivity contribution in [2.45, 2.75) is 62.2 Å². The first-order valence-corrected chi connectivity index (χ1v) is 12.1. The van der Waals surface area contributed by atoms with Crippen molar-refractivity contribution in [1.29, 1.82) is 0 Å². The molecule has 4 heterocycles. The van der Waals surface area contributed by atoms with E-state index in [1.54, 1.807) is 16.9 Å². The number of carbonyl (C=O) groups is 1. The first kappa shape index (κ1) is 23.7. The lowest BCUT2D eigenvalue weighted by atomic mass is 9.83. The van der Waals surface area contributed by atoms with E-state index in [-0.39, 0.29) is 6.54 Å². The SMILES string of the molecule is NC(=O)C1OC2(CCN(Cc3cnn(CC(O)C4(O)CCOCC4)c3)CC2)c2cc(Cl)ccc21. The summed E-state index contributed by atoms with van der Waals surface area (Å²) in [6.45, 7) is 3.42. The van der Waals surface area contributed by atoms with Crippen molar-refractivity contribution in [2.24, 2.45) is 5.73 Å². The van der Waals surface area contributed by atoms with Crippen LogP contribution < -0.4 is 5.73 Å². The van der Waals surface area contributed by atoms with E-state index < -0.39 is 29.3 Å². The minimum Gasteiger partial charge on any atom is -0.388 e. The molecule has 0 aliphatic carbocycles. The Balaban J connectivity index is 1.20. The van der Waals surface area contributed by atoms with Crippen molar-refractivity contribution < 1.29 is 24.5 Å². The van der Waals surface area contributed by atoms with Crippen molar-refractivity contribution in [3.8, 4) is 0 Å². The quantitative estimate of drug-likeness (QED) is 0.560. The van der Waals surface area contributed by atoms with Gasteiger partial charge in [0.2, 0.25) is 0 Å². The van der Waals surface area contributed by atoms with Crippen LogP contribution in [0.3, 0.4) is 0 Å². The molecule has 2 unspecified atom stereocenters. The summed E-state index contributed by atoms with van der Waals surface area (Å²) in [4.78, 5) is 14.3. The molecule has 5 rings (SSSR count). The lowest BCUT2D eigenvalue weighted by molar-refractivity contribution is -0.148. The van der Waals surface area contributed by atoms with Gasteiger partial charge in [-0.1, -0.05) is 17.7 Å². The molecule has 1 aromatic carbocycles. The number of aromatic nitrogens is 2. The third kappa shape index (κ3) is 4.48. The monoisotopic (exact) mass is 490 g/mol. The molecule has 4 N–H and O–H groups in total. The lowest BCUT2D eigenvalue weighted by Crippen LogP contribution is -2.48. The lowest BCUT2D eigenvalue weighted by Gasteiger charge is -2.39. The highest BCUT2D eigenvalue weighted by Gasteiger charge is 2.48. The molecule has 0 radical (unpaired) electrons. The normalized spacial score (nSPS) is 24.7. The number of primary amides is 1. The van der Waals surface area contributed by atoms with Gasteiger partial charge in [-0.05, 0) is 36.1 Å². The summed E-state index contributed by atoms with van der Waals surface area (Å²) < 4.78 is 13.2. The maximum Gasteiger partial charge on any atom is 0.251 e. The summed E-state index contributed by atoms with van der Waals surface area (Å²) in [6.07, 6.45) is 4.38. The zero-order valence-corrected chi connectivity index (χ0v) is 19.8. The zero-order valence-electron chi connectivity index (χ0n) is 19.0. The van der Waals surface area contributed by atoms with Crippen molar-refractivity contribution in [3.05, 3.63) is 52.3 Å². The largest absolute Gasteiger partial charge is 0.388 e. The van der Waals surface area contributed by atoms with Gasteiger partial charge in [0.15, 0.2) is 6.10 Å². The molecule has 2 saturated heterocycles. The summed E-state index contributed by atoms with van der Waals surface area (Å²) >= 11 is 6.25. The number of hydrogen-bond donors (Lipinski definition) is 3. The van der Waals surface area contributed by atoms with E-state index in [2.05, 4.69) is 10.00 Å². The van der Waals surface area contributed by atoms with Gasteiger partial charge in [-0.15, -0.1) is 0 Å². The van der Waals surface area contributed by atoms with E-state index in [9.17, 15) is 15.0 Å². The molecule has 34 heavy (non-hydrogen) atoms. The fourth-order valence-electron chi connectivity index (χ4n) is 5.43. The van der Waals surface area contributed by atoms with Gasteiger partial charge in [-0.25, -0.2) is 0 Å². The molecular weight excluding hydrogens is 460 g/mol. The second kappa shape index (κ2) is 9.22.